The molecular weight excluding hydrogens is 977 g/mol. The summed E-state index contributed by atoms with van der Waals surface area (Å²) >= 11 is 0. The maximum Gasteiger partial charge on any atom is 0.0520 e. The molecule has 0 unspecified atom stereocenters. The fourth-order valence-corrected chi connectivity index (χ4v) is 13.2. The van der Waals surface area contributed by atoms with Crippen molar-refractivity contribution in [3.8, 4) is 11.1 Å². The van der Waals surface area contributed by atoms with Crippen LogP contribution in [0.5, 0.6) is 0 Å². The topological polar surface area (TPSA) is 6.48 Å². The number of aryl methyl sites for hydroxylation is 9. The van der Waals surface area contributed by atoms with Crippen molar-refractivity contribution in [1.82, 2.24) is 0 Å². The first-order valence-corrected chi connectivity index (χ1v) is 30.7. The molecule has 0 aromatic heterocycles. The molecule has 0 radical (unpaired) electrons. The van der Waals surface area contributed by atoms with Crippen LogP contribution in [-0.4, -0.2) is 0 Å². The first-order chi connectivity index (χ1) is 38.7. The third-order valence-electron chi connectivity index (χ3n) is 17.6. The van der Waals surface area contributed by atoms with Crippen molar-refractivity contribution in [3.05, 3.63) is 213 Å². The summed E-state index contributed by atoms with van der Waals surface area (Å²) in [5, 5.41) is 10.8. The molecule has 0 N–H and O–H groups in total. The molecule has 416 valence electrons. The van der Waals surface area contributed by atoms with E-state index in [0.717, 1.165) is 29.9 Å². The van der Waals surface area contributed by atoms with E-state index < -0.39 is 0 Å². The van der Waals surface area contributed by atoms with Gasteiger partial charge in [0, 0.05) is 22.7 Å². The van der Waals surface area contributed by atoms with Gasteiger partial charge in [-0.1, -0.05) is 208 Å². The Balaban J connectivity index is 1.16. The summed E-state index contributed by atoms with van der Waals surface area (Å²) in [5.41, 5.74) is 24.4. The predicted octanol–water partition coefficient (Wildman–Crippen LogP) is 23.9. The Kier molecular flexibility index (Phi) is 16.5. The van der Waals surface area contributed by atoms with E-state index in [0.29, 0.717) is 0 Å². The van der Waals surface area contributed by atoms with Crippen LogP contribution < -0.4 is 9.80 Å². The van der Waals surface area contributed by atoms with Gasteiger partial charge in [-0.15, -0.1) is 0 Å². The highest BCUT2D eigenvalue weighted by Crippen LogP contribution is 2.47. The number of rotatable bonds is 17. The van der Waals surface area contributed by atoms with Crippen LogP contribution in [0.3, 0.4) is 0 Å². The lowest BCUT2D eigenvalue weighted by atomic mass is 9.84. The number of nitrogens with zero attached hydrogens (tertiary/aromatic N) is 2. The van der Waals surface area contributed by atoms with E-state index in [-0.39, 0.29) is 10.8 Å². The lowest BCUT2D eigenvalue weighted by Crippen LogP contribution is -2.17. The van der Waals surface area contributed by atoms with Crippen molar-refractivity contribution in [2.24, 2.45) is 0 Å². The van der Waals surface area contributed by atoms with Gasteiger partial charge in [0.2, 0.25) is 0 Å². The van der Waals surface area contributed by atoms with Gasteiger partial charge in [-0.2, -0.15) is 0 Å². The number of benzene rings is 10. The molecule has 81 heavy (non-hydrogen) atoms. The lowest BCUT2D eigenvalue weighted by molar-refractivity contribution is 0.589. The Bertz CT molecular complexity index is 3920. The largest absolute Gasteiger partial charge is 0.310 e. The van der Waals surface area contributed by atoms with E-state index in [9.17, 15) is 0 Å². The van der Waals surface area contributed by atoms with Crippen molar-refractivity contribution in [2.75, 3.05) is 9.80 Å². The Morgan fingerprint density at radius 1 is 0.321 bits per heavy atom. The summed E-state index contributed by atoms with van der Waals surface area (Å²) in [4.78, 5) is 5.11. The van der Waals surface area contributed by atoms with Crippen LogP contribution in [0.2, 0.25) is 0 Å². The van der Waals surface area contributed by atoms with Crippen LogP contribution in [0.25, 0.3) is 54.2 Å². The Morgan fingerprint density at radius 2 is 0.716 bits per heavy atom. The molecule has 0 amide bonds. The fraction of sp³-hybridized carbons (Fsp3) is 0.342. The monoisotopic (exact) mass is 1070 g/mol. The summed E-state index contributed by atoms with van der Waals surface area (Å²) in [6, 6.07) is 59.4. The van der Waals surface area contributed by atoms with Crippen LogP contribution in [0.1, 0.15) is 168 Å². The van der Waals surface area contributed by atoms with Crippen molar-refractivity contribution >= 4 is 77.2 Å². The minimum absolute atomic E-state index is 0.0191. The number of hydrogen-bond donors (Lipinski definition) is 0. The highest BCUT2D eigenvalue weighted by Gasteiger charge is 2.26. The first-order valence-electron chi connectivity index (χ1n) is 30.7. The Labute approximate surface area is 487 Å². The summed E-state index contributed by atoms with van der Waals surface area (Å²) in [5.74, 6) is 0. The third-order valence-corrected chi connectivity index (χ3v) is 17.6. The van der Waals surface area contributed by atoms with E-state index in [4.69, 9.17) is 0 Å². The molecule has 0 aliphatic carbocycles. The number of anilines is 6. The third kappa shape index (κ3) is 11.7. The maximum absolute atomic E-state index is 2.59. The van der Waals surface area contributed by atoms with Crippen LogP contribution in [0.4, 0.5) is 34.1 Å². The normalized spacial score (nSPS) is 12.1. The highest BCUT2D eigenvalue weighted by atomic mass is 15.2. The SMILES string of the molecule is CCCCCCc1c(CCCCCC)c2cc(N(c3cccc(-c4cccc(N(c5ccc6c(c5)c(C)cc5cc(C)ccc56)c5c(C)cc(C(C)(C)C)cc5C)c4)c3)c3c(C)cc(C(C)(C)C)cc3C)ccc2c2ccc(C)cc12. The molecule has 0 atom stereocenters. The van der Waals surface area contributed by atoms with E-state index in [1.165, 1.54) is 173 Å². The van der Waals surface area contributed by atoms with Crippen molar-refractivity contribution < 1.29 is 0 Å². The van der Waals surface area contributed by atoms with Gasteiger partial charge in [0.25, 0.3) is 0 Å². The van der Waals surface area contributed by atoms with Crippen LogP contribution >= 0.6 is 0 Å². The quantitative estimate of drug-likeness (QED) is 0.0662. The predicted molar refractivity (Wildman–Crippen MR) is 358 cm³/mol. The second-order valence-corrected chi connectivity index (χ2v) is 26.2. The van der Waals surface area contributed by atoms with Gasteiger partial charge >= 0.3 is 0 Å². The minimum atomic E-state index is 0.0191. The van der Waals surface area contributed by atoms with Gasteiger partial charge in [0.15, 0.2) is 0 Å². The summed E-state index contributed by atoms with van der Waals surface area (Å²) in [6.07, 6.45) is 12.2. The smallest absolute Gasteiger partial charge is 0.0520 e. The molecule has 0 spiro atoms. The molecule has 2 nitrogen and oxygen atoms in total. The number of unbranched alkanes of at least 4 members (excludes halogenated alkanes) is 6. The fourth-order valence-electron chi connectivity index (χ4n) is 13.2. The van der Waals surface area contributed by atoms with Crippen molar-refractivity contribution in [2.45, 2.75) is 179 Å². The molecular formula is C79H90N2. The van der Waals surface area contributed by atoms with E-state index in [2.05, 4.69) is 265 Å². The molecule has 0 saturated heterocycles. The number of fused-ring (bicyclic) bond motifs is 6. The summed E-state index contributed by atoms with van der Waals surface area (Å²) in [6.45, 7) is 34.6. The van der Waals surface area contributed by atoms with Gasteiger partial charge in [-0.05, 0) is 238 Å². The van der Waals surface area contributed by atoms with E-state index in [1.54, 1.807) is 11.1 Å². The van der Waals surface area contributed by atoms with Crippen LogP contribution in [0, 0.1) is 48.5 Å². The second-order valence-electron chi connectivity index (χ2n) is 26.2. The zero-order chi connectivity index (χ0) is 57.5. The van der Waals surface area contributed by atoms with Crippen LogP contribution in [-0.2, 0) is 23.7 Å². The molecule has 0 saturated carbocycles. The number of hydrogen-bond acceptors (Lipinski definition) is 2. The van der Waals surface area contributed by atoms with Crippen LogP contribution in [0.15, 0.2) is 152 Å². The van der Waals surface area contributed by atoms with Crippen molar-refractivity contribution in [1.29, 1.82) is 0 Å². The van der Waals surface area contributed by atoms with E-state index in [1.807, 2.05) is 0 Å². The zero-order valence-corrected chi connectivity index (χ0v) is 51.9. The first kappa shape index (κ1) is 57.1. The molecule has 10 aromatic rings. The standard InChI is InChI=1S/C79H90N2/c1-16-18-20-22-30-68-69(31-23-21-19-17-2)75-50-66(35-39-72(75)71-37-33-52(4)41-74(68)71)81(77-56(8)45-62(46-57(77)9)79(13,14)15)64-29-25-27-59(48-64)58-26-24-28-63(47-58)80(76-54(6)43-61(44-55(76)7)78(10,11)12)65-34-38-70-67-36-32-51(3)40-60(67)42-53(5)73(70)49-65/h24-29,32-50H,16-23,30-31H2,1-15H3. The average Bonchev–Trinajstić information content (AvgIpc) is 3.59. The summed E-state index contributed by atoms with van der Waals surface area (Å²) < 4.78 is 0. The lowest BCUT2D eigenvalue weighted by Gasteiger charge is -2.32. The maximum atomic E-state index is 2.59. The molecule has 10 rings (SSSR count). The highest BCUT2D eigenvalue weighted by molar-refractivity contribution is 6.13. The molecule has 10 aromatic carbocycles. The Morgan fingerprint density at radius 3 is 1.17 bits per heavy atom. The molecule has 0 aliphatic rings. The molecule has 0 fully saturated rings. The van der Waals surface area contributed by atoms with E-state index >= 15 is 0 Å². The zero-order valence-electron chi connectivity index (χ0n) is 51.9. The Hall–Kier alpha value is -7.16. The molecule has 0 bridgehead atoms. The molecule has 0 aliphatic heterocycles. The molecule has 0 heterocycles. The minimum Gasteiger partial charge on any atom is -0.310 e. The van der Waals surface area contributed by atoms with Gasteiger partial charge in [-0.3, -0.25) is 0 Å². The van der Waals surface area contributed by atoms with Crippen molar-refractivity contribution in [3.63, 3.8) is 0 Å². The second kappa shape index (κ2) is 23.4. The molecule has 2 heteroatoms. The van der Waals surface area contributed by atoms with Gasteiger partial charge in [0.05, 0.1) is 11.4 Å². The van der Waals surface area contributed by atoms with Gasteiger partial charge in [-0.25, -0.2) is 0 Å². The average molecular weight is 1070 g/mol. The van der Waals surface area contributed by atoms with Gasteiger partial charge < -0.3 is 9.80 Å². The van der Waals surface area contributed by atoms with Gasteiger partial charge in [0.1, 0.15) is 0 Å². The summed E-state index contributed by atoms with van der Waals surface area (Å²) in [7, 11) is 0.